The van der Waals surface area contributed by atoms with Crippen LogP contribution >= 0.6 is 15.9 Å². The molecule has 2 unspecified atom stereocenters. The Bertz CT molecular complexity index is 2080. The summed E-state index contributed by atoms with van der Waals surface area (Å²) in [6.07, 6.45) is 8.54. The van der Waals surface area contributed by atoms with Crippen LogP contribution in [0.15, 0.2) is 35.2 Å². The maximum absolute atomic E-state index is 14.6. The summed E-state index contributed by atoms with van der Waals surface area (Å²) < 4.78 is 2.26. The van der Waals surface area contributed by atoms with Crippen LogP contribution in [-0.2, 0) is 27.3 Å². The first-order valence-corrected chi connectivity index (χ1v) is 18.5. The molecule has 12 nitrogen and oxygen atoms in total. The predicted molar refractivity (Wildman–Crippen MR) is 196 cm³/mol. The Balaban J connectivity index is 1.31. The first kappa shape index (κ1) is 34.9. The molecule has 1 aromatic carbocycles. The van der Waals surface area contributed by atoms with Gasteiger partial charge in [0.2, 0.25) is 17.7 Å². The number of anilines is 1. The minimum absolute atomic E-state index is 0.00613. The van der Waals surface area contributed by atoms with Gasteiger partial charge in [-0.2, -0.15) is 5.10 Å². The van der Waals surface area contributed by atoms with Crippen LogP contribution in [0.25, 0.3) is 22.0 Å². The highest BCUT2D eigenvalue weighted by Crippen LogP contribution is 2.64. The highest BCUT2D eigenvalue weighted by molar-refractivity contribution is 9.10. The van der Waals surface area contributed by atoms with Gasteiger partial charge in [0.25, 0.3) is 0 Å². The molecule has 1 saturated heterocycles. The summed E-state index contributed by atoms with van der Waals surface area (Å²) in [5.74, 6) is 0.383. The Morgan fingerprint density at radius 1 is 1.00 bits per heavy atom. The Morgan fingerprint density at radius 2 is 1.73 bits per heavy atom. The second-order valence-corrected chi connectivity index (χ2v) is 15.3. The zero-order chi connectivity index (χ0) is 36.2. The van der Waals surface area contributed by atoms with Crippen molar-refractivity contribution in [1.82, 2.24) is 34.9 Å². The lowest BCUT2D eigenvalue weighted by molar-refractivity contribution is -0.139. The van der Waals surface area contributed by atoms with Gasteiger partial charge in [0.05, 0.1) is 5.52 Å². The summed E-state index contributed by atoms with van der Waals surface area (Å²) in [6.45, 7) is 9.50. The van der Waals surface area contributed by atoms with Gasteiger partial charge >= 0.3 is 0 Å². The van der Waals surface area contributed by atoms with Crippen LogP contribution in [0.1, 0.15) is 85.4 Å². The fourth-order valence-corrected chi connectivity index (χ4v) is 8.77. The van der Waals surface area contributed by atoms with E-state index < -0.39 is 11.5 Å². The van der Waals surface area contributed by atoms with Gasteiger partial charge < -0.3 is 15.5 Å². The van der Waals surface area contributed by atoms with Gasteiger partial charge in [-0.3, -0.25) is 23.9 Å². The third-order valence-corrected chi connectivity index (χ3v) is 11.7. The topological polar surface area (TPSA) is 152 Å². The van der Waals surface area contributed by atoms with Gasteiger partial charge in [-0.05, 0) is 109 Å². The lowest BCUT2D eigenvalue weighted by atomic mass is 9.95. The molecule has 4 aromatic rings. The average molecular weight is 756 g/mol. The monoisotopic (exact) mass is 754 g/mol. The molecule has 3 aromatic heterocycles. The van der Waals surface area contributed by atoms with Crippen molar-refractivity contribution in [1.29, 1.82) is 0 Å². The fourth-order valence-electron chi connectivity index (χ4n) is 8.25. The summed E-state index contributed by atoms with van der Waals surface area (Å²) in [4.78, 5) is 69.8. The number of ketones is 1. The Kier molecular flexibility index (Phi) is 9.28. The minimum Gasteiger partial charge on any atom is -0.355 e. The van der Waals surface area contributed by atoms with Crippen molar-refractivity contribution in [3.05, 3.63) is 63.4 Å². The van der Waals surface area contributed by atoms with Crippen molar-refractivity contribution in [3.8, 4) is 11.1 Å². The third kappa shape index (κ3) is 6.45. The van der Waals surface area contributed by atoms with E-state index in [4.69, 9.17) is 5.10 Å². The van der Waals surface area contributed by atoms with E-state index in [0.29, 0.717) is 53.1 Å². The number of aryl methyl sites for hydroxylation is 3. The zero-order valence-corrected chi connectivity index (χ0v) is 31.3. The number of amides is 3. The number of hydrogen-bond acceptors (Lipinski definition) is 8. The number of nitrogens with one attached hydrogen (secondary N) is 2. The molecule has 1 saturated carbocycles. The van der Waals surface area contributed by atoms with Crippen molar-refractivity contribution in [2.45, 2.75) is 98.2 Å². The number of halogens is 1. The lowest BCUT2D eigenvalue weighted by Gasteiger charge is -2.28. The number of Topliss-reactive ketones (excluding diaryl/α,β-unsaturated/α-hetero) is 1. The van der Waals surface area contributed by atoms with Crippen molar-refractivity contribution in [2.75, 3.05) is 11.9 Å². The number of aromatic nitrogens is 5. The van der Waals surface area contributed by atoms with Gasteiger partial charge in [0.1, 0.15) is 34.5 Å². The SMILES string of the molecule is CC(=O)c1nn2c3c(cc(-c4cnc(C)nc4)cc13)CCCCCCC(=O)NC[C@@]13C[C@@H](C(=O)Nc4nc(Br)cc(C)c4C)N(C(=O)C2)C1C3C. The van der Waals surface area contributed by atoms with Gasteiger partial charge in [-0.1, -0.05) is 19.8 Å². The molecule has 5 heterocycles. The van der Waals surface area contributed by atoms with E-state index in [-0.39, 0.29) is 42.0 Å². The van der Waals surface area contributed by atoms with E-state index in [1.54, 1.807) is 22.0 Å². The van der Waals surface area contributed by atoms with E-state index in [0.717, 1.165) is 59.0 Å². The van der Waals surface area contributed by atoms with Crippen LogP contribution in [0.2, 0.25) is 0 Å². The second kappa shape index (κ2) is 13.6. The Labute approximate surface area is 305 Å². The zero-order valence-electron chi connectivity index (χ0n) is 29.7. The Hall–Kier alpha value is -4.52. The van der Waals surface area contributed by atoms with Crippen LogP contribution in [0, 0.1) is 32.1 Å². The first-order valence-electron chi connectivity index (χ1n) is 17.7. The molecule has 3 aliphatic rings. The molecule has 1 aliphatic carbocycles. The summed E-state index contributed by atoms with van der Waals surface area (Å²) in [7, 11) is 0. The summed E-state index contributed by atoms with van der Waals surface area (Å²) >= 11 is 3.44. The smallest absolute Gasteiger partial charge is 0.248 e. The molecule has 2 N–H and O–H groups in total. The standard InChI is InChI=1S/C38H43BrN8O4/c1-20-12-30(39)43-36(21(20)2)44-37(51)29-15-38-19-42-31(49)11-9-7-6-8-10-25-13-26(27-16-40-24(5)41-17-27)14-28-33(23(4)48)45-46(34(25)28)18-32(50)47(29)35(38)22(38)3/h12-14,16-17,22,29,35H,6-11,15,18-19H2,1-5H3,(H,42,49)(H,43,44,51)/t22?,29-,35?,38+/m0/s1. The molecule has 13 heteroatoms. The molecule has 51 heavy (non-hydrogen) atoms. The molecule has 3 amide bonds. The van der Waals surface area contributed by atoms with Crippen molar-refractivity contribution in [2.24, 2.45) is 11.3 Å². The number of nitrogens with zero attached hydrogens (tertiary/aromatic N) is 6. The van der Waals surface area contributed by atoms with Gasteiger partial charge in [-0.15, -0.1) is 0 Å². The number of carbonyl (C=O) groups excluding carboxylic acids is 4. The van der Waals surface area contributed by atoms with E-state index in [1.165, 1.54) is 6.92 Å². The normalized spacial score (nSPS) is 23.8. The lowest BCUT2D eigenvalue weighted by Crippen LogP contribution is -2.47. The van der Waals surface area contributed by atoms with Crippen molar-refractivity contribution < 1.29 is 19.2 Å². The first-order chi connectivity index (χ1) is 24.4. The number of rotatable bonds is 4. The van der Waals surface area contributed by atoms with Gasteiger partial charge in [0, 0.05) is 54.7 Å². The van der Waals surface area contributed by atoms with Crippen molar-refractivity contribution in [3.63, 3.8) is 0 Å². The molecule has 2 fully saturated rings. The van der Waals surface area contributed by atoms with E-state index in [2.05, 4.69) is 54.5 Å². The van der Waals surface area contributed by atoms with Crippen LogP contribution in [-0.4, -0.2) is 71.8 Å². The maximum atomic E-state index is 14.6. The maximum Gasteiger partial charge on any atom is 0.248 e. The molecule has 4 atom stereocenters. The molecule has 2 aliphatic heterocycles. The molecule has 7 rings (SSSR count). The predicted octanol–water partition coefficient (Wildman–Crippen LogP) is 5.65. The van der Waals surface area contributed by atoms with Crippen LogP contribution in [0.5, 0.6) is 0 Å². The quantitative estimate of drug-likeness (QED) is 0.201. The average Bonchev–Trinajstić information content (AvgIpc) is 3.35. The fraction of sp³-hybridized carbons (Fsp3) is 0.474. The molecular formula is C38H43BrN8O4. The van der Waals surface area contributed by atoms with Crippen LogP contribution in [0.4, 0.5) is 5.82 Å². The molecule has 0 spiro atoms. The molecule has 266 valence electrons. The molecule has 0 radical (unpaired) electrons. The third-order valence-electron chi connectivity index (χ3n) is 11.3. The summed E-state index contributed by atoms with van der Waals surface area (Å²) in [5.41, 5.74) is 5.08. The van der Waals surface area contributed by atoms with Gasteiger partial charge in [0.15, 0.2) is 5.78 Å². The number of pyridine rings is 1. The number of piperidine rings is 1. The van der Waals surface area contributed by atoms with Gasteiger partial charge in [-0.25, -0.2) is 15.0 Å². The highest BCUT2D eigenvalue weighted by atomic mass is 79.9. The van der Waals surface area contributed by atoms with Crippen LogP contribution < -0.4 is 10.6 Å². The summed E-state index contributed by atoms with van der Waals surface area (Å²) in [5, 5.41) is 11.6. The van der Waals surface area contributed by atoms with Crippen LogP contribution in [0.3, 0.4) is 0 Å². The second-order valence-electron chi connectivity index (χ2n) is 14.5. The van der Waals surface area contributed by atoms with Crippen molar-refractivity contribution >= 4 is 56.2 Å². The Morgan fingerprint density at radius 3 is 2.45 bits per heavy atom. The van der Waals surface area contributed by atoms with E-state index in [9.17, 15) is 19.2 Å². The molecular weight excluding hydrogens is 712 g/mol. The van der Waals surface area contributed by atoms with E-state index >= 15 is 0 Å². The largest absolute Gasteiger partial charge is 0.355 e. The molecule has 2 bridgehead atoms. The highest BCUT2D eigenvalue weighted by Gasteiger charge is 2.72. The number of hydrogen-bond donors (Lipinski definition) is 2. The number of benzene rings is 1. The van der Waals surface area contributed by atoms with E-state index in [1.807, 2.05) is 32.9 Å². The number of carbonyl (C=O) groups is 4. The summed E-state index contributed by atoms with van der Waals surface area (Å²) in [6, 6.07) is 4.89. The minimum atomic E-state index is -0.781.